The first-order valence-corrected chi connectivity index (χ1v) is 6.84. The summed E-state index contributed by atoms with van der Waals surface area (Å²) >= 11 is 0. The summed E-state index contributed by atoms with van der Waals surface area (Å²) in [6, 6.07) is 15.8. The van der Waals surface area contributed by atoms with Crippen molar-refractivity contribution in [3.63, 3.8) is 0 Å². The molecule has 1 atom stereocenters. The lowest BCUT2D eigenvalue weighted by molar-refractivity contribution is -0.118. The average molecular weight is 293 g/mol. The Labute approximate surface area is 128 Å². The molecule has 2 aromatic carbocycles. The van der Waals surface area contributed by atoms with Gasteiger partial charge in [-0.05, 0) is 24.1 Å². The van der Waals surface area contributed by atoms with Crippen molar-refractivity contribution in [2.45, 2.75) is 12.8 Å². The van der Waals surface area contributed by atoms with Crippen molar-refractivity contribution in [2.75, 3.05) is 6.54 Å². The summed E-state index contributed by atoms with van der Waals surface area (Å²) in [4.78, 5) is 26.9. The van der Waals surface area contributed by atoms with Gasteiger partial charge in [0, 0.05) is 28.5 Å². The highest BCUT2D eigenvalue weighted by atomic mass is 16.1. The summed E-state index contributed by atoms with van der Waals surface area (Å²) in [7, 11) is 0. The van der Waals surface area contributed by atoms with Gasteiger partial charge in [0.15, 0.2) is 5.78 Å². The van der Waals surface area contributed by atoms with Crippen LogP contribution >= 0.6 is 0 Å². The number of carbonyl (C=O) groups is 2. The minimum atomic E-state index is -0.528. The first kappa shape index (κ1) is 15.5. The third kappa shape index (κ3) is 3.59. The molecule has 0 aliphatic carbocycles. The summed E-state index contributed by atoms with van der Waals surface area (Å²) in [6.45, 7) is 1.50. The van der Waals surface area contributed by atoms with Gasteiger partial charge < -0.3 is 0 Å². The predicted molar refractivity (Wildman–Crippen MR) is 83.8 cm³/mol. The quantitative estimate of drug-likeness (QED) is 0.350. The topological polar surface area (TPSA) is 82.9 Å². The molecule has 5 heteroatoms. The molecule has 0 amide bonds. The SMILES string of the molecule is CC(=O)C(CN=[N+]=[N-])c1cccc(C(=O)c2ccccc2)c1. The highest BCUT2D eigenvalue weighted by molar-refractivity contribution is 6.09. The van der Waals surface area contributed by atoms with E-state index >= 15 is 0 Å². The van der Waals surface area contributed by atoms with Crippen LogP contribution < -0.4 is 0 Å². The fourth-order valence-electron chi connectivity index (χ4n) is 2.24. The molecule has 22 heavy (non-hydrogen) atoms. The molecule has 0 fully saturated rings. The van der Waals surface area contributed by atoms with Crippen LogP contribution in [0.25, 0.3) is 10.4 Å². The molecular weight excluding hydrogens is 278 g/mol. The smallest absolute Gasteiger partial charge is 0.193 e. The Balaban J connectivity index is 2.35. The molecule has 0 heterocycles. The Morgan fingerprint density at radius 1 is 1.09 bits per heavy atom. The second kappa shape index (κ2) is 7.20. The van der Waals surface area contributed by atoms with E-state index in [0.29, 0.717) is 16.7 Å². The number of rotatable bonds is 6. The van der Waals surface area contributed by atoms with E-state index in [4.69, 9.17) is 5.53 Å². The summed E-state index contributed by atoms with van der Waals surface area (Å²) in [5.41, 5.74) is 10.2. The summed E-state index contributed by atoms with van der Waals surface area (Å²) in [5.74, 6) is -0.732. The molecule has 0 saturated carbocycles. The second-order valence-corrected chi connectivity index (χ2v) is 4.90. The van der Waals surface area contributed by atoms with Gasteiger partial charge in [0.2, 0.25) is 0 Å². The Hall–Kier alpha value is -2.91. The van der Waals surface area contributed by atoms with Gasteiger partial charge in [0.1, 0.15) is 5.78 Å². The number of benzene rings is 2. The Kier molecular flexibility index (Phi) is 5.07. The average Bonchev–Trinajstić information content (AvgIpc) is 2.55. The number of nitrogens with zero attached hydrogens (tertiary/aromatic N) is 3. The first-order valence-electron chi connectivity index (χ1n) is 6.84. The van der Waals surface area contributed by atoms with E-state index in [1.54, 1.807) is 48.5 Å². The van der Waals surface area contributed by atoms with E-state index in [2.05, 4.69) is 10.0 Å². The minimum absolute atomic E-state index is 0.0504. The zero-order chi connectivity index (χ0) is 15.9. The van der Waals surface area contributed by atoms with Crippen LogP contribution in [-0.4, -0.2) is 18.1 Å². The van der Waals surface area contributed by atoms with Gasteiger partial charge in [-0.15, -0.1) is 0 Å². The normalized spacial score (nSPS) is 11.3. The van der Waals surface area contributed by atoms with Gasteiger partial charge in [-0.2, -0.15) is 0 Å². The molecule has 0 saturated heterocycles. The number of hydrogen-bond donors (Lipinski definition) is 0. The van der Waals surface area contributed by atoms with Crippen LogP contribution in [0.2, 0.25) is 0 Å². The maximum absolute atomic E-state index is 12.4. The van der Waals surface area contributed by atoms with Crippen LogP contribution in [0.3, 0.4) is 0 Å². The van der Waals surface area contributed by atoms with Crippen molar-refractivity contribution in [3.05, 3.63) is 81.7 Å². The number of azide groups is 1. The molecule has 0 aliphatic heterocycles. The lowest BCUT2D eigenvalue weighted by Crippen LogP contribution is -2.13. The van der Waals surface area contributed by atoms with E-state index in [9.17, 15) is 9.59 Å². The molecule has 0 aromatic heterocycles. The van der Waals surface area contributed by atoms with E-state index < -0.39 is 5.92 Å². The standard InChI is InChI=1S/C17H15N3O2/c1-12(21)16(11-19-20-18)14-8-5-9-15(10-14)17(22)13-6-3-2-4-7-13/h2-10,16H,11H2,1H3. The zero-order valence-electron chi connectivity index (χ0n) is 12.1. The highest BCUT2D eigenvalue weighted by Gasteiger charge is 2.17. The van der Waals surface area contributed by atoms with Gasteiger partial charge in [-0.1, -0.05) is 53.6 Å². The maximum atomic E-state index is 12.4. The lowest BCUT2D eigenvalue weighted by Gasteiger charge is -2.12. The second-order valence-electron chi connectivity index (χ2n) is 4.90. The highest BCUT2D eigenvalue weighted by Crippen LogP contribution is 2.20. The monoisotopic (exact) mass is 293 g/mol. The predicted octanol–water partition coefficient (Wildman–Crippen LogP) is 3.90. The molecule has 2 aromatic rings. The van der Waals surface area contributed by atoms with Crippen molar-refractivity contribution in [1.29, 1.82) is 0 Å². The molecule has 0 aliphatic rings. The fraction of sp³-hybridized carbons (Fsp3) is 0.176. The van der Waals surface area contributed by atoms with Crippen molar-refractivity contribution in [1.82, 2.24) is 0 Å². The number of Topliss-reactive ketones (excluding diaryl/α,β-unsaturated/α-hetero) is 1. The first-order chi connectivity index (χ1) is 10.6. The minimum Gasteiger partial charge on any atom is -0.299 e. The van der Waals surface area contributed by atoms with Crippen LogP contribution in [0.5, 0.6) is 0 Å². The lowest BCUT2D eigenvalue weighted by atomic mass is 9.92. The van der Waals surface area contributed by atoms with E-state index in [1.165, 1.54) is 6.92 Å². The van der Waals surface area contributed by atoms with E-state index in [0.717, 1.165) is 0 Å². The van der Waals surface area contributed by atoms with Crippen molar-refractivity contribution in [3.8, 4) is 0 Å². The molecule has 0 bridgehead atoms. The van der Waals surface area contributed by atoms with E-state index in [1.807, 2.05) is 6.07 Å². The molecule has 5 nitrogen and oxygen atoms in total. The summed E-state index contributed by atoms with van der Waals surface area (Å²) < 4.78 is 0. The van der Waals surface area contributed by atoms with Crippen molar-refractivity contribution < 1.29 is 9.59 Å². The Morgan fingerprint density at radius 2 is 1.77 bits per heavy atom. The molecular formula is C17H15N3O2. The number of hydrogen-bond acceptors (Lipinski definition) is 3. The zero-order valence-corrected chi connectivity index (χ0v) is 12.1. The van der Waals surface area contributed by atoms with Gasteiger partial charge in [0.25, 0.3) is 0 Å². The Morgan fingerprint density at radius 3 is 2.41 bits per heavy atom. The molecule has 0 spiro atoms. The molecule has 0 radical (unpaired) electrons. The summed E-state index contributed by atoms with van der Waals surface area (Å²) in [5, 5.41) is 3.48. The largest absolute Gasteiger partial charge is 0.299 e. The van der Waals surface area contributed by atoms with E-state index in [-0.39, 0.29) is 18.1 Å². The van der Waals surface area contributed by atoms with Gasteiger partial charge in [-0.25, -0.2) is 0 Å². The van der Waals surface area contributed by atoms with Crippen LogP contribution in [0, 0.1) is 0 Å². The summed E-state index contributed by atoms with van der Waals surface area (Å²) in [6.07, 6.45) is 0. The number of carbonyl (C=O) groups excluding carboxylic acids is 2. The Bertz CT molecular complexity index is 735. The third-order valence-corrected chi connectivity index (χ3v) is 3.41. The van der Waals surface area contributed by atoms with Crippen LogP contribution in [-0.2, 0) is 4.79 Å². The van der Waals surface area contributed by atoms with Crippen LogP contribution in [0.4, 0.5) is 0 Å². The van der Waals surface area contributed by atoms with Crippen molar-refractivity contribution in [2.24, 2.45) is 5.11 Å². The maximum Gasteiger partial charge on any atom is 0.193 e. The van der Waals surface area contributed by atoms with Crippen LogP contribution in [0.15, 0.2) is 59.7 Å². The van der Waals surface area contributed by atoms with Gasteiger partial charge in [-0.3, -0.25) is 9.59 Å². The third-order valence-electron chi connectivity index (χ3n) is 3.41. The molecule has 1 unspecified atom stereocenters. The molecule has 110 valence electrons. The fourth-order valence-corrected chi connectivity index (χ4v) is 2.24. The van der Waals surface area contributed by atoms with Crippen molar-refractivity contribution >= 4 is 11.6 Å². The van der Waals surface area contributed by atoms with Gasteiger partial charge in [0.05, 0.1) is 0 Å². The molecule has 2 rings (SSSR count). The van der Waals surface area contributed by atoms with Crippen LogP contribution in [0.1, 0.15) is 34.3 Å². The molecule has 0 N–H and O–H groups in total. The number of ketones is 2. The van der Waals surface area contributed by atoms with Gasteiger partial charge >= 0.3 is 0 Å².